The van der Waals surface area contributed by atoms with Gasteiger partial charge in [-0.25, -0.2) is 0 Å². The van der Waals surface area contributed by atoms with Crippen LogP contribution in [0.2, 0.25) is 0 Å². The third-order valence-corrected chi connectivity index (χ3v) is 13.8. The Bertz CT molecular complexity index is 1340. The molecule has 0 aromatic heterocycles. The quantitative estimate of drug-likeness (QED) is 0.0196. The second kappa shape index (κ2) is 45.0. The van der Waals surface area contributed by atoms with Gasteiger partial charge in [0.1, 0.15) is 36.8 Å². The molecule has 13 heteroatoms. The molecule has 0 aromatic carbocycles. The first kappa shape index (κ1) is 64.1. The number of hydrogen-bond acceptors (Lipinski definition) is 11. The molecule has 0 aliphatic carbocycles. The van der Waals surface area contributed by atoms with Gasteiger partial charge in [-0.3, -0.25) is 14.1 Å². The van der Waals surface area contributed by atoms with E-state index in [1.807, 2.05) is 0 Å². The van der Waals surface area contributed by atoms with E-state index in [2.05, 4.69) is 38.2 Å². The summed E-state index contributed by atoms with van der Waals surface area (Å²) in [5.41, 5.74) is 0. The van der Waals surface area contributed by atoms with E-state index >= 15 is 0 Å². The van der Waals surface area contributed by atoms with Gasteiger partial charge in [-0.2, -0.15) is 8.42 Å². The fourth-order valence-electron chi connectivity index (χ4n) is 8.67. The molecule has 0 bridgehead atoms. The molecule has 1 fully saturated rings. The number of allylic oxidation sites excluding steroid dienone is 4. The molecular weight excluding hydrogens is 885 g/mol. The second-order valence-electron chi connectivity index (χ2n) is 19.6. The molecule has 4 N–H and O–H groups in total. The standard InChI is InChI=1S/C55H102O12S/c1-3-5-7-9-11-13-15-17-19-21-23-24-26-27-29-31-33-35-37-39-41-43-50(56)64-45-48(46-65-55-54(60)53(59)52(58)49(67-55)47-68(61,62)63)66-51(57)44-42-40-38-36-34-32-30-28-25-22-20-18-16-14-12-10-8-6-4-2/h17-20,48-49,52-55,58-60H,3-16,21-47H2,1-2H3,(H,61,62,63)/b19-17+,20-18+/t48-,49-,52-,53?,54?,55+/m1/s1. The first-order valence-electron chi connectivity index (χ1n) is 27.9. The molecule has 6 atom stereocenters. The van der Waals surface area contributed by atoms with E-state index in [1.54, 1.807) is 0 Å². The first-order chi connectivity index (χ1) is 33.0. The number of aliphatic hydroxyl groups is 3. The summed E-state index contributed by atoms with van der Waals surface area (Å²) in [4.78, 5) is 25.6. The van der Waals surface area contributed by atoms with Crippen molar-refractivity contribution in [3.63, 3.8) is 0 Å². The minimum atomic E-state index is -4.61. The van der Waals surface area contributed by atoms with Gasteiger partial charge in [0, 0.05) is 12.8 Å². The molecule has 1 saturated heterocycles. The van der Waals surface area contributed by atoms with Gasteiger partial charge in [-0.1, -0.05) is 205 Å². The van der Waals surface area contributed by atoms with Crippen LogP contribution in [0.5, 0.6) is 0 Å². The van der Waals surface area contributed by atoms with Crippen LogP contribution in [0.1, 0.15) is 258 Å². The van der Waals surface area contributed by atoms with E-state index in [1.165, 1.54) is 180 Å². The lowest BCUT2D eigenvalue weighted by Gasteiger charge is -2.40. The molecule has 1 rings (SSSR count). The monoisotopic (exact) mass is 987 g/mol. The predicted molar refractivity (Wildman–Crippen MR) is 275 cm³/mol. The van der Waals surface area contributed by atoms with Crippen molar-refractivity contribution >= 4 is 22.1 Å². The molecule has 12 nitrogen and oxygen atoms in total. The highest BCUT2D eigenvalue weighted by molar-refractivity contribution is 7.85. The van der Waals surface area contributed by atoms with E-state index in [4.69, 9.17) is 18.9 Å². The van der Waals surface area contributed by atoms with Crippen LogP contribution in [0, 0.1) is 0 Å². The summed E-state index contributed by atoms with van der Waals surface area (Å²) in [6.07, 6.45) is 43.6. The summed E-state index contributed by atoms with van der Waals surface area (Å²) < 4.78 is 54.4. The van der Waals surface area contributed by atoms with E-state index in [0.29, 0.717) is 12.8 Å². The Morgan fingerprint density at radius 1 is 0.485 bits per heavy atom. The van der Waals surface area contributed by atoms with Crippen molar-refractivity contribution in [3.8, 4) is 0 Å². The zero-order valence-electron chi connectivity index (χ0n) is 43.2. The first-order valence-corrected chi connectivity index (χ1v) is 29.5. The van der Waals surface area contributed by atoms with Crippen molar-refractivity contribution < 1.29 is 56.8 Å². The Labute approximate surface area is 415 Å². The van der Waals surface area contributed by atoms with Crippen molar-refractivity contribution in [2.24, 2.45) is 0 Å². The van der Waals surface area contributed by atoms with Gasteiger partial charge >= 0.3 is 11.9 Å². The third-order valence-electron chi connectivity index (χ3n) is 13.0. The van der Waals surface area contributed by atoms with Gasteiger partial charge in [-0.15, -0.1) is 0 Å². The molecule has 2 unspecified atom stereocenters. The van der Waals surface area contributed by atoms with Gasteiger partial charge < -0.3 is 34.3 Å². The summed E-state index contributed by atoms with van der Waals surface area (Å²) in [6.45, 7) is 3.80. The average molecular weight is 987 g/mol. The minimum Gasteiger partial charge on any atom is -0.462 e. The Morgan fingerprint density at radius 2 is 0.838 bits per heavy atom. The number of rotatable bonds is 48. The Morgan fingerprint density at radius 3 is 1.22 bits per heavy atom. The lowest BCUT2D eigenvalue weighted by molar-refractivity contribution is -0.297. The maximum atomic E-state index is 12.9. The van der Waals surface area contributed by atoms with Crippen LogP contribution in [-0.4, -0.2) is 96.0 Å². The highest BCUT2D eigenvalue weighted by Gasteiger charge is 2.46. The summed E-state index contributed by atoms with van der Waals surface area (Å²) in [5, 5.41) is 31.0. The normalized spacial score (nSPS) is 19.3. The topological polar surface area (TPSA) is 186 Å². The second-order valence-corrected chi connectivity index (χ2v) is 21.1. The molecule has 400 valence electrons. The van der Waals surface area contributed by atoms with Crippen LogP contribution < -0.4 is 0 Å². The van der Waals surface area contributed by atoms with Crippen LogP contribution in [0.4, 0.5) is 0 Å². The van der Waals surface area contributed by atoms with Crippen molar-refractivity contribution in [2.45, 2.75) is 295 Å². The number of aliphatic hydroxyl groups excluding tert-OH is 3. The number of unbranched alkanes of at least 4 members (excludes halogenated alkanes) is 32. The van der Waals surface area contributed by atoms with Gasteiger partial charge in [0.2, 0.25) is 0 Å². The number of ether oxygens (including phenoxy) is 4. The Kier molecular flexibility index (Phi) is 42.5. The summed E-state index contributed by atoms with van der Waals surface area (Å²) >= 11 is 0. The molecule has 0 amide bonds. The van der Waals surface area contributed by atoms with Crippen molar-refractivity contribution in [3.05, 3.63) is 24.3 Å². The third kappa shape index (κ3) is 38.8. The number of esters is 2. The van der Waals surface area contributed by atoms with Crippen LogP contribution in [0.25, 0.3) is 0 Å². The minimum absolute atomic E-state index is 0.165. The molecule has 0 saturated carbocycles. The van der Waals surface area contributed by atoms with Crippen molar-refractivity contribution in [1.29, 1.82) is 0 Å². The molecule has 1 heterocycles. The van der Waals surface area contributed by atoms with Crippen LogP contribution in [0.3, 0.4) is 0 Å². The number of hydrogen-bond donors (Lipinski definition) is 4. The smallest absolute Gasteiger partial charge is 0.306 e. The van der Waals surface area contributed by atoms with Crippen LogP contribution >= 0.6 is 0 Å². The van der Waals surface area contributed by atoms with Gasteiger partial charge in [0.25, 0.3) is 10.1 Å². The SMILES string of the molecule is CCCCCCCC/C=C/CCCCCCCCCCCCCC(=O)OC[C@H](CO[C@H]1O[C@H](CS(=O)(=O)O)[C@@H](O)C(O)C1O)OC(=O)CCCCCCCCCCC/C=C/CCCCCCCC. The van der Waals surface area contributed by atoms with E-state index in [9.17, 15) is 37.9 Å². The molecular formula is C55H102O12S. The van der Waals surface area contributed by atoms with E-state index in [-0.39, 0.29) is 19.4 Å². The highest BCUT2D eigenvalue weighted by Crippen LogP contribution is 2.24. The molecule has 0 aromatic rings. The summed E-state index contributed by atoms with van der Waals surface area (Å²) in [6, 6.07) is 0. The molecule has 1 aliphatic heterocycles. The van der Waals surface area contributed by atoms with Crippen LogP contribution in [-0.2, 0) is 38.7 Å². The maximum absolute atomic E-state index is 12.9. The predicted octanol–water partition coefficient (Wildman–Crippen LogP) is 13.1. The lowest BCUT2D eigenvalue weighted by atomic mass is 10.00. The summed E-state index contributed by atoms with van der Waals surface area (Å²) in [5.74, 6) is -1.97. The molecule has 1 aliphatic rings. The largest absolute Gasteiger partial charge is 0.462 e. The molecule has 0 radical (unpaired) electrons. The fourth-order valence-corrected chi connectivity index (χ4v) is 9.36. The summed E-state index contributed by atoms with van der Waals surface area (Å²) in [7, 11) is -4.61. The van der Waals surface area contributed by atoms with Crippen molar-refractivity contribution in [2.75, 3.05) is 19.0 Å². The molecule has 68 heavy (non-hydrogen) atoms. The average Bonchev–Trinajstić information content (AvgIpc) is 3.31. The van der Waals surface area contributed by atoms with Gasteiger partial charge in [0.15, 0.2) is 12.4 Å². The lowest BCUT2D eigenvalue weighted by Crippen LogP contribution is -2.60. The Balaban J connectivity index is 2.32. The molecule has 0 spiro atoms. The zero-order valence-corrected chi connectivity index (χ0v) is 44.0. The highest BCUT2D eigenvalue weighted by atomic mass is 32.2. The van der Waals surface area contributed by atoms with Gasteiger partial charge in [0.05, 0.1) is 6.61 Å². The number of carbonyl (C=O) groups is 2. The number of carbonyl (C=O) groups excluding carboxylic acids is 2. The van der Waals surface area contributed by atoms with Gasteiger partial charge in [-0.05, 0) is 64.2 Å². The van der Waals surface area contributed by atoms with E-state index in [0.717, 1.165) is 38.5 Å². The Hall–Kier alpha value is -1.87. The fraction of sp³-hybridized carbons (Fsp3) is 0.891. The maximum Gasteiger partial charge on any atom is 0.306 e. The van der Waals surface area contributed by atoms with Crippen LogP contribution in [0.15, 0.2) is 24.3 Å². The van der Waals surface area contributed by atoms with E-state index < -0.39 is 71.2 Å². The zero-order chi connectivity index (χ0) is 49.8. The van der Waals surface area contributed by atoms with Crippen molar-refractivity contribution in [1.82, 2.24) is 0 Å².